The highest BCUT2D eigenvalue weighted by molar-refractivity contribution is 7.98. The second kappa shape index (κ2) is 9.25. The van der Waals surface area contributed by atoms with Crippen molar-refractivity contribution in [2.24, 2.45) is 4.99 Å². The molecule has 0 saturated heterocycles. The number of nitrogens with one attached hydrogen (secondary N) is 2. The zero-order valence-corrected chi connectivity index (χ0v) is 14.9. The van der Waals surface area contributed by atoms with E-state index >= 15 is 0 Å². The molecule has 5 nitrogen and oxygen atoms in total. The van der Waals surface area contributed by atoms with Gasteiger partial charge in [0.1, 0.15) is 5.82 Å². The predicted octanol–water partition coefficient (Wildman–Crippen LogP) is 2.27. The van der Waals surface area contributed by atoms with Gasteiger partial charge in [0, 0.05) is 44.8 Å². The Hall–Kier alpha value is -1.95. The van der Waals surface area contributed by atoms with Gasteiger partial charge in [-0.05, 0) is 24.3 Å². The molecule has 0 spiro atoms. The summed E-state index contributed by atoms with van der Waals surface area (Å²) in [5.41, 5.74) is 2.52. The minimum absolute atomic E-state index is 0.760. The molecule has 2 N–H and O–H groups in total. The minimum atomic E-state index is 0.760. The van der Waals surface area contributed by atoms with Gasteiger partial charge in [0.25, 0.3) is 0 Å². The van der Waals surface area contributed by atoms with E-state index in [-0.39, 0.29) is 0 Å². The van der Waals surface area contributed by atoms with Crippen LogP contribution in [0.15, 0.2) is 41.7 Å². The Morgan fingerprint density at radius 2 is 2.13 bits per heavy atom. The van der Waals surface area contributed by atoms with Crippen molar-refractivity contribution in [1.29, 1.82) is 0 Å². The molecule has 1 aromatic carbocycles. The van der Waals surface area contributed by atoms with E-state index in [0.29, 0.717) is 0 Å². The maximum atomic E-state index is 4.27. The normalized spacial score (nSPS) is 11.5. The first kappa shape index (κ1) is 17.4. The predicted molar refractivity (Wildman–Crippen MR) is 99.1 cm³/mol. The van der Waals surface area contributed by atoms with E-state index in [4.69, 9.17) is 0 Å². The van der Waals surface area contributed by atoms with Gasteiger partial charge in [-0.1, -0.05) is 24.3 Å². The zero-order chi connectivity index (χ0) is 16.5. The molecular formula is C17H25N5S. The van der Waals surface area contributed by atoms with Crippen molar-refractivity contribution in [3.63, 3.8) is 0 Å². The van der Waals surface area contributed by atoms with Crippen LogP contribution in [-0.4, -0.2) is 41.1 Å². The molecule has 0 atom stereocenters. The van der Waals surface area contributed by atoms with Gasteiger partial charge in [-0.15, -0.1) is 0 Å². The average Bonchev–Trinajstić information content (AvgIpc) is 2.96. The number of guanidine groups is 1. The summed E-state index contributed by atoms with van der Waals surface area (Å²) >= 11 is 1.82. The number of thioether (sulfide) groups is 1. The lowest BCUT2D eigenvalue weighted by Crippen LogP contribution is -2.37. The molecule has 2 rings (SSSR count). The van der Waals surface area contributed by atoms with Crippen LogP contribution in [0.4, 0.5) is 0 Å². The lowest BCUT2D eigenvalue weighted by molar-refractivity contribution is 0.758. The van der Waals surface area contributed by atoms with Crippen LogP contribution < -0.4 is 10.6 Å². The van der Waals surface area contributed by atoms with Crippen molar-refractivity contribution in [2.75, 3.05) is 25.6 Å². The van der Waals surface area contributed by atoms with Gasteiger partial charge < -0.3 is 15.2 Å². The van der Waals surface area contributed by atoms with E-state index in [1.165, 1.54) is 11.1 Å². The third-order valence-electron chi connectivity index (χ3n) is 3.55. The van der Waals surface area contributed by atoms with Crippen LogP contribution in [0.1, 0.15) is 17.0 Å². The molecule has 0 radical (unpaired) electrons. The second-order valence-electron chi connectivity index (χ2n) is 5.27. The molecule has 0 unspecified atom stereocenters. The van der Waals surface area contributed by atoms with E-state index in [1.54, 1.807) is 7.05 Å². The zero-order valence-electron chi connectivity index (χ0n) is 14.0. The summed E-state index contributed by atoms with van der Waals surface area (Å²) < 4.78 is 2.15. The fourth-order valence-electron chi connectivity index (χ4n) is 2.28. The first-order chi connectivity index (χ1) is 11.2. The van der Waals surface area contributed by atoms with Crippen LogP contribution in [0, 0.1) is 6.92 Å². The third kappa shape index (κ3) is 5.63. The molecular weight excluding hydrogens is 306 g/mol. The number of hydrogen-bond acceptors (Lipinski definition) is 3. The Bertz CT molecular complexity index is 635. The highest BCUT2D eigenvalue weighted by Crippen LogP contribution is 2.08. The number of aryl methyl sites for hydroxylation is 1. The molecule has 1 aromatic heterocycles. The maximum absolute atomic E-state index is 4.27. The number of nitrogens with zero attached hydrogens (tertiary/aromatic N) is 3. The molecule has 0 aliphatic carbocycles. The van der Waals surface area contributed by atoms with Crippen LogP contribution in [0.3, 0.4) is 0 Å². The number of imidazole rings is 1. The van der Waals surface area contributed by atoms with Gasteiger partial charge >= 0.3 is 0 Å². The van der Waals surface area contributed by atoms with Gasteiger partial charge in [-0.3, -0.25) is 4.99 Å². The quantitative estimate of drug-likeness (QED) is 0.464. The molecule has 124 valence electrons. The summed E-state index contributed by atoms with van der Waals surface area (Å²) in [5.74, 6) is 2.95. The molecule has 6 heteroatoms. The van der Waals surface area contributed by atoms with Crippen molar-refractivity contribution in [1.82, 2.24) is 20.2 Å². The summed E-state index contributed by atoms with van der Waals surface area (Å²) in [4.78, 5) is 8.51. The van der Waals surface area contributed by atoms with Crippen LogP contribution in [-0.2, 0) is 13.1 Å². The first-order valence-corrected chi connectivity index (χ1v) is 9.11. The van der Waals surface area contributed by atoms with Gasteiger partial charge in [-0.25, -0.2) is 4.98 Å². The maximum Gasteiger partial charge on any atom is 0.191 e. The summed E-state index contributed by atoms with van der Waals surface area (Å²) in [7, 11) is 1.80. The van der Waals surface area contributed by atoms with E-state index in [9.17, 15) is 0 Å². The largest absolute Gasteiger partial charge is 0.356 e. The fourth-order valence-corrected chi connectivity index (χ4v) is 2.59. The van der Waals surface area contributed by atoms with E-state index in [2.05, 4.69) is 55.7 Å². The Labute approximate surface area is 142 Å². The Morgan fingerprint density at radius 3 is 2.83 bits per heavy atom. The van der Waals surface area contributed by atoms with E-state index < -0.39 is 0 Å². The second-order valence-corrected chi connectivity index (χ2v) is 6.25. The highest BCUT2D eigenvalue weighted by atomic mass is 32.2. The summed E-state index contributed by atoms with van der Waals surface area (Å²) in [6.07, 6.45) is 5.95. The van der Waals surface area contributed by atoms with Crippen LogP contribution >= 0.6 is 11.8 Å². The van der Waals surface area contributed by atoms with Gasteiger partial charge in [0.05, 0.1) is 0 Å². The number of aliphatic imine (C=N–C) groups is 1. The molecule has 0 aliphatic heterocycles. The number of hydrogen-bond donors (Lipinski definition) is 2. The molecule has 0 bridgehead atoms. The smallest absolute Gasteiger partial charge is 0.191 e. The van der Waals surface area contributed by atoms with Gasteiger partial charge in [0.2, 0.25) is 0 Å². The number of aromatic nitrogens is 2. The first-order valence-electron chi connectivity index (χ1n) is 7.72. The molecule has 1 heterocycles. The average molecular weight is 331 g/mol. The van der Waals surface area contributed by atoms with Gasteiger partial charge in [-0.2, -0.15) is 11.8 Å². The molecule has 0 amide bonds. The minimum Gasteiger partial charge on any atom is -0.356 e. The van der Waals surface area contributed by atoms with Crippen LogP contribution in [0.5, 0.6) is 0 Å². The Morgan fingerprint density at radius 1 is 1.30 bits per heavy atom. The summed E-state index contributed by atoms with van der Waals surface area (Å²) in [6, 6.07) is 8.60. The lowest BCUT2D eigenvalue weighted by atomic mass is 10.1. The van der Waals surface area contributed by atoms with Crippen LogP contribution in [0.2, 0.25) is 0 Å². The van der Waals surface area contributed by atoms with Gasteiger partial charge in [0.15, 0.2) is 5.96 Å². The standard InChI is InChI=1S/C17H25N5S/c1-14-19-7-9-22(14)13-16-6-4-5-15(11-16)12-21-17(18-2)20-8-10-23-3/h4-7,9,11H,8,10,12-13H2,1-3H3,(H2,18,20,21). The number of rotatable bonds is 7. The Balaban J connectivity index is 1.90. The SMILES string of the molecule is CN=C(NCCSC)NCc1cccc(Cn2ccnc2C)c1. The molecule has 0 saturated carbocycles. The molecule has 0 aliphatic rings. The monoisotopic (exact) mass is 331 g/mol. The lowest BCUT2D eigenvalue weighted by Gasteiger charge is -2.12. The van der Waals surface area contributed by atoms with Crippen molar-refractivity contribution in [3.8, 4) is 0 Å². The van der Waals surface area contributed by atoms with Crippen molar-refractivity contribution in [2.45, 2.75) is 20.0 Å². The topological polar surface area (TPSA) is 54.2 Å². The highest BCUT2D eigenvalue weighted by Gasteiger charge is 2.02. The number of benzene rings is 1. The summed E-state index contributed by atoms with van der Waals surface area (Å²) in [5, 5.41) is 6.66. The van der Waals surface area contributed by atoms with Crippen molar-refractivity contribution < 1.29 is 0 Å². The molecule has 2 aromatic rings. The molecule has 23 heavy (non-hydrogen) atoms. The van der Waals surface area contributed by atoms with E-state index in [1.807, 2.05) is 31.1 Å². The van der Waals surface area contributed by atoms with Crippen LogP contribution in [0.25, 0.3) is 0 Å². The van der Waals surface area contributed by atoms with Crippen molar-refractivity contribution >= 4 is 17.7 Å². The van der Waals surface area contributed by atoms with E-state index in [0.717, 1.165) is 37.2 Å². The molecule has 0 fully saturated rings. The summed E-state index contributed by atoms with van der Waals surface area (Å²) in [6.45, 7) is 4.55. The fraction of sp³-hybridized carbons (Fsp3) is 0.412. The Kier molecular flexibility index (Phi) is 7.00. The van der Waals surface area contributed by atoms with Crippen molar-refractivity contribution in [3.05, 3.63) is 53.6 Å². The third-order valence-corrected chi connectivity index (χ3v) is 4.16.